The summed E-state index contributed by atoms with van der Waals surface area (Å²) in [5.41, 5.74) is 11.5. The average molecular weight is 328 g/mol. The third-order valence-electron chi connectivity index (χ3n) is 4.41. The van der Waals surface area contributed by atoms with E-state index < -0.39 is 0 Å². The Kier molecular flexibility index (Phi) is 4.00. The van der Waals surface area contributed by atoms with Crippen LogP contribution >= 0.6 is 0 Å². The van der Waals surface area contributed by atoms with Crippen LogP contribution in [-0.2, 0) is 0 Å². The average Bonchev–Trinajstić information content (AvgIpc) is 2.87. The third-order valence-corrected chi connectivity index (χ3v) is 4.41. The number of hydrogen-bond donors (Lipinski definition) is 1. The van der Waals surface area contributed by atoms with E-state index in [1.165, 1.54) is 0 Å². The highest BCUT2D eigenvalue weighted by atomic mass is 16.5. The number of fused-ring (bicyclic) bond motifs is 1. The molecular formula is C20H16N4O. The fourth-order valence-electron chi connectivity index (χ4n) is 3.06. The van der Waals surface area contributed by atoms with Gasteiger partial charge in [0, 0.05) is 5.56 Å². The van der Waals surface area contributed by atoms with Gasteiger partial charge < -0.3 is 10.5 Å². The molecule has 5 nitrogen and oxygen atoms in total. The molecular weight excluding hydrogens is 312 g/mol. The van der Waals surface area contributed by atoms with Crippen LogP contribution in [-0.4, -0.2) is 12.1 Å². The lowest BCUT2D eigenvalue weighted by molar-refractivity contribution is 0.415. The van der Waals surface area contributed by atoms with Crippen LogP contribution in [0.4, 0.5) is 5.82 Å². The maximum absolute atomic E-state index is 9.55. The lowest BCUT2D eigenvalue weighted by atomic mass is 9.95. The topological polar surface area (TPSA) is 95.7 Å². The van der Waals surface area contributed by atoms with Crippen molar-refractivity contribution < 1.29 is 4.74 Å². The molecule has 0 unspecified atom stereocenters. The van der Waals surface area contributed by atoms with Crippen LogP contribution in [0.15, 0.2) is 29.8 Å². The number of nitriles is 2. The van der Waals surface area contributed by atoms with Crippen molar-refractivity contribution in [2.45, 2.75) is 13.8 Å². The number of nitrogens with two attached hydrogens (primary N) is 1. The molecule has 0 radical (unpaired) electrons. The zero-order valence-corrected chi connectivity index (χ0v) is 14.2. The molecule has 2 N–H and O–H groups in total. The molecule has 0 bridgehead atoms. The number of nitrogens with zero attached hydrogens (tertiary/aromatic N) is 3. The summed E-state index contributed by atoms with van der Waals surface area (Å²) in [6, 6.07) is 12.0. The Morgan fingerprint density at radius 3 is 2.36 bits per heavy atom. The first-order chi connectivity index (χ1) is 12.0. The van der Waals surface area contributed by atoms with E-state index in [2.05, 4.69) is 17.1 Å². The predicted molar refractivity (Wildman–Crippen MR) is 97.2 cm³/mol. The highest BCUT2D eigenvalue weighted by molar-refractivity contribution is 6.08. The molecule has 0 aliphatic heterocycles. The normalized spacial score (nSPS) is 14.2. The molecule has 1 aromatic heterocycles. The summed E-state index contributed by atoms with van der Waals surface area (Å²) in [6.07, 6.45) is 1.99. The number of methoxy groups -OCH3 is 1. The minimum atomic E-state index is 0.157. The fraction of sp³-hybridized carbons (Fsp3) is 0.150. The summed E-state index contributed by atoms with van der Waals surface area (Å²) in [4.78, 5) is 4.32. The minimum absolute atomic E-state index is 0.157. The highest BCUT2D eigenvalue weighted by Gasteiger charge is 2.29. The van der Waals surface area contributed by atoms with Crippen LogP contribution in [0.2, 0.25) is 0 Å². The molecule has 25 heavy (non-hydrogen) atoms. The monoisotopic (exact) mass is 328 g/mol. The number of nitrogen functional groups attached to an aromatic ring is 1. The molecule has 1 heterocycles. The number of rotatable bonds is 2. The van der Waals surface area contributed by atoms with Crippen molar-refractivity contribution in [3.8, 4) is 17.9 Å². The molecule has 0 amide bonds. The third kappa shape index (κ3) is 2.52. The minimum Gasteiger partial charge on any atom is -0.497 e. The van der Waals surface area contributed by atoms with Crippen LogP contribution < -0.4 is 10.5 Å². The number of hydrogen-bond acceptors (Lipinski definition) is 5. The van der Waals surface area contributed by atoms with Crippen LogP contribution in [0.5, 0.6) is 5.75 Å². The summed E-state index contributed by atoms with van der Waals surface area (Å²) in [5, 5.41) is 18.9. The molecule has 0 atom stereocenters. The van der Waals surface area contributed by atoms with Gasteiger partial charge in [0.25, 0.3) is 0 Å². The van der Waals surface area contributed by atoms with E-state index >= 15 is 0 Å². The van der Waals surface area contributed by atoms with Gasteiger partial charge in [0.2, 0.25) is 0 Å². The van der Waals surface area contributed by atoms with Gasteiger partial charge in [-0.15, -0.1) is 0 Å². The second kappa shape index (κ2) is 6.14. The molecule has 3 rings (SSSR count). The van der Waals surface area contributed by atoms with Gasteiger partial charge in [0.05, 0.1) is 23.9 Å². The van der Waals surface area contributed by atoms with Crippen molar-refractivity contribution in [1.29, 1.82) is 10.5 Å². The number of ether oxygens (including phenoxy) is 1. The van der Waals surface area contributed by atoms with Gasteiger partial charge in [0.1, 0.15) is 23.7 Å². The maximum atomic E-state index is 9.55. The van der Waals surface area contributed by atoms with Gasteiger partial charge in [-0.2, -0.15) is 10.5 Å². The van der Waals surface area contributed by atoms with Crippen LogP contribution in [0.25, 0.3) is 17.2 Å². The Labute approximate surface area is 146 Å². The van der Waals surface area contributed by atoms with Crippen molar-refractivity contribution in [2.24, 2.45) is 0 Å². The standard InChI is InChI=1S/C20H16N4O/c1-11-15(8-13-4-6-14(25-3)7-5-13)18-12(2)17(10-22)20(23)24-19(18)16(11)9-21/h4-8H,1-3H3,(H2,23,24)/b15-8+. The van der Waals surface area contributed by atoms with Crippen molar-refractivity contribution in [1.82, 2.24) is 4.98 Å². The van der Waals surface area contributed by atoms with Crippen LogP contribution in [0.1, 0.15) is 34.9 Å². The Morgan fingerprint density at radius 1 is 1.12 bits per heavy atom. The quantitative estimate of drug-likeness (QED) is 0.906. The van der Waals surface area contributed by atoms with Crippen molar-refractivity contribution in [2.75, 3.05) is 12.8 Å². The van der Waals surface area contributed by atoms with E-state index in [1.54, 1.807) is 7.11 Å². The van der Waals surface area contributed by atoms with Gasteiger partial charge in [-0.3, -0.25) is 0 Å². The molecule has 0 saturated heterocycles. The number of allylic oxidation sites excluding steroid dienone is 3. The van der Waals surface area contributed by atoms with Gasteiger partial charge in [0.15, 0.2) is 0 Å². The summed E-state index contributed by atoms with van der Waals surface area (Å²) < 4.78 is 5.18. The number of pyridine rings is 1. The van der Waals surface area contributed by atoms with E-state index in [1.807, 2.05) is 44.2 Å². The van der Waals surface area contributed by atoms with Gasteiger partial charge in [-0.1, -0.05) is 12.1 Å². The van der Waals surface area contributed by atoms with E-state index in [9.17, 15) is 10.5 Å². The maximum Gasteiger partial charge on any atom is 0.142 e. The summed E-state index contributed by atoms with van der Waals surface area (Å²) in [7, 11) is 1.62. The summed E-state index contributed by atoms with van der Waals surface area (Å²) in [5.74, 6) is 0.932. The van der Waals surface area contributed by atoms with E-state index in [-0.39, 0.29) is 5.82 Å². The first kappa shape index (κ1) is 16.3. The number of aromatic nitrogens is 1. The fourth-order valence-corrected chi connectivity index (χ4v) is 3.06. The van der Waals surface area contributed by atoms with E-state index in [4.69, 9.17) is 10.5 Å². The molecule has 2 aromatic rings. The van der Waals surface area contributed by atoms with Crippen LogP contribution in [0.3, 0.4) is 0 Å². The lowest BCUT2D eigenvalue weighted by Crippen LogP contribution is -2.03. The largest absolute Gasteiger partial charge is 0.497 e. The van der Waals surface area contributed by atoms with Gasteiger partial charge >= 0.3 is 0 Å². The summed E-state index contributed by atoms with van der Waals surface area (Å²) in [6.45, 7) is 3.72. The molecule has 0 fully saturated rings. The van der Waals surface area contributed by atoms with Gasteiger partial charge in [-0.05, 0) is 54.3 Å². The number of benzene rings is 1. The smallest absolute Gasteiger partial charge is 0.142 e. The Hall–Kier alpha value is -3.57. The SMILES string of the molecule is COc1ccc(/C=C2\C(C)=C(C#N)c3nc(N)c(C#N)c(C)c32)cc1. The molecule has 0 saturated carbocycles. The van der Waals surface area contributed by atoms with Crippen molar-refractivity contribution in [3.63, 3.8) is 0 Å². The first-order valence-electron chi connectivity index (χ1n) is 7.69. The van der Waals surface area contributed by atoms with Crippen LogP contribution in [0, 0.1) is 29.6 Å². The zero-order chi connectivity index (χ0) is 18.1. The van der Waals surface area contributed by atoms with Crippen molar-refractivity contribution >= 4 is 23.0 Å². The molecule has 1 aliphatic rings. The summed E-state index contributed by atoms with van der Waals surface area (Å²) >= 11 is 0. The molecule has 0 spiro atoms. The zero-order valence-electron chi connectivity index (χ0n) is 14.2. The lowest BCUT2D eigenvalue weighted by Gasteiger charge is -2.11. The van der Waals surface area contributed by atoms with E-state index in [0.717, 1.165) is 33.6 Å². The van der Waals surface area contributed by atoms with Gasteiger partial charge in [-0.25, -0.2) is 4.98 Å². The number of anilines is 1. The molecule has 1 aromatic carbocycles. The predicted octanol–water partition coefficient (Wildman–Crippen LogP) is 3.70. The molecule has 122 valence electrons. The molecule has 5 heteroatoms. The van der Waals surface area contributed by atoms with Crippen molar-refractivity contribution in [3.05, 3.63) is 57.8 Å². The molecule has 1 aliphatic carbocycles. The highest BCUT2D eigenvalue weighted by Crippen LogP contribution is 2.44. The Balaban J connectivity index is 2.26. The Bertz CT molecular complexity index is 1020. The second-order valence-corrected chi connectivity index (χ2v) is 5.78. The Morgan fingerprint density at radius 2 is 1.80 bits per heavy atom. The first-order valence-corrected chi connectivity index (χ1v) is 7.69. The second-order valence-electron chi connectivity index (χ2n) is 5.78. The van der Waals surface area contributed by atoms with E-state index in [0.29, 0.717) is 16.8 Å².